The van der Waals surface area contributed by atoms with Gasteiger partial charge in [-0.1, -0.05) is 54.1 Å². The van der Waals surface area contributed by atoms with Gasteiger partial charge in [0.05, 0.1) is 25.5 Å². The lowest BCUT2D eigenvalue weighted by Gasteiger charge is -2.49. The summed E-state index contributed by atoms with van der Waals surface area (Å²) in [6.45, 7) is 2.61. The van der Waals surface area contributed by atoms with Crippen molar-refractivity contribution in [1.82, 2.24) is 0 Å². The van der Waals surface area contributed by atoms with E-state index in [1.165, 1.54) is 18.9 Å². The lowest BCUT2D eigenvalue weighted by molar-refractivity contribution is -0.189. The van der Waals surface area contributed by atoms with Crippen LogP contribution in [0.15, 0.2) is 71.8 Å². The van der Waals surface area contributed by atoms with Crippen LogP contribution in [0.3, 0.4) is 0 Å². The van der Waals surface area contributed by atoms with E-state index in [1.807, 2.05) is 0 Å². The average molecular weight is 477 g/mol. The Morgan fingerprint density at radius 3 is 1.88 bits per heavy atom. The molecule has 1 aliphatic heterocycles. The number of benzene rings is 2. The summed E-state index contributed by atoms with van der Waals surface area (Å²) in [5.41, 5.74) is -2.36. The monoisotopic (exact) mass is 477 g/mol. The molecule has 182 valence electrons. The van der Waals surface area contributed by atoms with Crippen molar-refractivity contribution in [2.75, 3.05) is 19.3 Å². The number of nitrogens with zero attached hydrogens (tertiary/aromatic N) is 1. The molecule has 0 aliphatic carbocycles. The Balaban J connectivity index is 2.36. The van der Waals surface area contributed by atoms with E-state index in [0.29, 0.717) is 11.3 Å². The van der Waals surface area contributed by atoms with Crippen molar-refractivity contribution in [3.8, 4) is 0 Å². The van der Waals surface area contributed by atoms with Crippen LogP contribution < -0.4 is 5.06 Å². The minimum absolute atomic E-state index is 0.0488. The Hall–Kier alpha value is -3.33. The highest BCUT2D eigenvalue weighted by Gasteiger charge is 2.63. The van der Waals surface area contributed by atoms with E-state index in [9.17, 15) is 22.8 Å². The summed E-state index contributed by atoms with van der Waals surface area (Å²) in [7, 11) is 2.16. The number of rotatable bonds is 5. The van der Waals surface area contributed by atoms with E-state index >= 15 is 0 Å². The minimum Gasteiger partial charge on any atom is -0.468 e. The summed E-state index contributed by atoms with van der Waals surface area (Å²) < 4.78 is 52.4. The molecule has 0 spiro atoms. The molecule has 0 bridgehead atoms. The number of allylic oxidation sites excluding steroid dienone is 1. The number of hydrogen-bond acceptors (Lipinski definition) is 6. The Kier molecular flexibility index (Phi) is 7.35. The van der Waals surface area contributed by atoms with E-state index in [0.717, 1.165) is 14.2 Å². The molecule has 2 aromatic carbocycles. The Labute approximate surface area is 195 Å². The maximum Gasteiger partial charge on any atom is 0.415 e. The van der Waals surface area contributed by atoms with Crippen molar-refractivity contribution in [3.63, 3.8) is 0 Å². The van der Waals surface area contributed by atoms with E-state index in [4.69, 9.17) is 14.3 Å². The first kappa shape index (κ1) is 25.3. The predicted molar refractivity (Wildman–Crippen MR) is 118 cm³/mol. The standard InChI is InChI=1S/C25H26F3NO5/c1-16(2)20(25(26,27)28)19-15-24(22(30)32-3,23(31)33-4)21(17-11-7-5-8-12-17)29(34-19)18-13-9-6-10-14-18/h5-14,19,21H,15H2,1-4H3/t19-,21-/m0/s1. The fourth-order valence-electron chi connectivity index (χ4n) is 4.46. The van der Waals surface area contributed by atoms with Gasteiger partial charge in [-0.15, -0.1) is 0 Å². The number of hydroxylamine groups is 1. The molecule has 0 N–H and O–H groups in total. The summed E-state index contributed by atoms with van der Waals surface area (Å²) >= 11 is 0. The number of para-hydroxylation sites is 1. The van der Waals surface area contributed by atoms with Gasteiger partial charge in [-0.2, -0.15) is 13.2 Å². The smallest absolute Gasteiger partial charge is 0.415 e. The third-order valence-corrected chi connectivity index (χ3v) is 5.84. The highest BCUT2D eigenvalue weighted by Crippen LogP contribution is 2.53. The highest BCUT2D eigenvalue weighted by molar-refractivity contribution is 6.02. The number of carbonyl (C=O) groups is 2. The Morgan fingerprint density at radius 2 is 1.44 bits per heavy atom. The second-order valence-corrected chi connectivity index (χ2v) is 8.14. The number of ether oxygens (including phenoxy) is 2. The van der Waals surface area contributed by atoms with Gasteiger partial charge < -0.3 is 9.47 Å². The van der Waals surface area contributed by atoms with E-state index in [1.54, 1.807) is 60.7 Å². The number of anilines is 1. The fraction of sp³-hybridized carbons (Fsp3) is 0.360. The van der Waals surface area contributed by atoms with Crippen molar-refractivity contribution in [2.24, 2.45) is 5.41 Å². The molecule has 1 fully saturated rings. The van der Waals surface area contributed by atoms with E-state index in [2.05, 4.69) is 0 Å². The maximum absolute atomic E-state index is 14.1. The molecule has 0 aromatic heterocycles. The molecule has 9 heteroatoms. The summed E-state index contributed by atoms with van der Waals surface area (Å²) in [4.78, 5) is 32.6. The zero-order valence-corrected chi connectivity index (χ0v) is 19.3. The van der Waals surface area contributed by atoms with Crippen LogP contribution in [0.5, 0.6) is 0 Å². The first-order chi connectivity index (χ1) is 16.1. The third kappa shape index (κ3) is 4.52. The second-order valence-electron chi connectivity index (χ2n) is 8.14. The summed E-state index contributed by atoms with van der Waals surface area (Å²) in [6, 6.07) is 15.6. The van der Waals surface area contributed by atoms with Gasteiger partial charge >= 0.3 is 18.1 Å². The molecule has 1 heterocycles. The molecule has 1 saturated heterocycles. The molecule has 0 unspecified atom stereocenters. The maximum atomic E-state index is 14.1. The molecule has 0 saturated carbocycles. The van der Waals surface area contributed by atoms with E-state index in [-0.39, 0.29) is 5.57 Å². The lowest BCUT2D eigenvalue weighted by Crippen LogP contribution is -2.59. The van der Waals surface area contributed by atoms with Crippen LogP contribution in [0.2, 0.25) is 0 Å². The van der Waals surface area contributed by atoms with Crippen LogP contribution in [0.4, 0.5) is 18.9 Å². The molecule has 34 heavy (non-hydrogen) atoms. The number of carbonyl (C=O) groups excluding carboxylic acids is 2. The first-order valence-electron chi connectivity index (χ1n) is 10.5. The Bertz CT molecular complexity index is 1030. The predicted octanol–water partition coefficient (Wildman–Crippen LogP) is 5.17. The summed E-state index contributed by atoms with van der Waals surface area (Å²) in [5, 5.41) is 1.19. The number of methoxy groups -OCH3 is 2. The zero-order valence-electron chi connectivity index (χ0n) is 19.3. The Morgan fingerprint density at radius 1 is 0.941 bits per heavy atom. The largest absolute Gasteiger partial charge is 0.468 e. The molecular weight excluding hydrogens is 451 g/mol. The van der Waals surface area contributed by atoms with Gasteiger partial charge in [-0.05, 0) is 31.5 Å². The van der Waals surface area contributed by atoms with Crippen molar-refractivity contribution >= 4 is 17.6 Å². The summed E-state index contributed by atoms with van der Waals surface area (Å²) in [6.07, 6.45) is -7.07. The van der Waals surface area contributed by atoms with Gasteiger partial charge in [0.2, 0.25) is 0 Å². The number of hydrogen-bond donors (Lipinski definition) is 0. The first-order valence-corrected chi connectivity index (χ1v) is 10.5. The van der Waals surface area contributed by atoms with Crippen LogP contribution in [-0.2, 0) is 23.9 Å². The molecule has 1 aliphatic rings. The van der Waals surface area contributed by atoms with Crippen molar-refractivity contribution in [1.29, 1.82) is 0 Å². The van der Waals surface area contributed by atoms with Gasteiger partial charge in [0, 0.05) is 6.42 Å². The zero-order chi connectivity index (χ0) is 25.1. The average Bonchev–Trinajstić information content (AvgIpc) is 2.82. The van der Waals surface area contributed by atoms with Gasteiger partial charge in [-0.25, -0.2) is 5.06 Å². The van der Waals surface area contributed by atoms with Crippen molar-refractivity contribution in [3.05, 3.63) is 77.4 Å². The number of halogens is 3. The number of esters is 2. The van der Waals surface area contributed by atoms with Gasteiger partial charge in [-0.3, -0.25) is 14.4 Å². The van der Waals surface area contributed by atoms with Gasteiger partial charge in [0.1, 0.15) is 12.1 Å². The van der Waals surface area contributed by atoms with E-state index < -0.39 is 47.7 Å². The van der Waals surface area contributed by atoms with Gasteiger partial charge in [0.15, 0.2) is 5.41 Å². The molecule has 2 atom stereocenters. The second kappa shape index (κ2) is 9.89. The highest BCUT2D eigenvalue weighted by atomic mass is 19.4. The minimum atomic E-state index is -4.76. The molecule has 6 nitrogen and oxygen atoms in total. The fourth-order valence-corrected chi connectivity index (χ4v) is 4.46. The lowest BCUT2D eigenvalue weighted by atomic mass is 9.70. The van der Waals surface area contributed by atoms with Crippen LogP contribution in [-0.4, -0.2) is 38.4 Å². The third-order valence-electron chi connectivity index (χ3n) is 5.84. The van der Waals surface area contributed by atoms with Crippen molar-refractivity contribution in [2.45, 2.75) is 38.6 Å². The summed E-state index contributed by atoms with van der Waals surface area (Å²) in [5.74, 6) is -2.03. The molecular formula is C25H26F3NO5. The van der Waals surface area contributed by atoms with Crippen LogP contribution in [0.1, 0.15) is 31.9 Å². The topological polar surface area (TPSA) is 65.1 Å². The molecule has 2 aromatic rings. The molecule has 3 rings (SSSR count). The SMILES string of the molecule is COC(=O)C1(C(=O)OC)C[C@@H](C(=C(C)C)C(F)(F)F)ON(c2ccccc2)[C@H]1c1ccccc1. The normalized spacial score (nSPS) is 19.8. The molecule has 0 radical (unpaired) electrons. The van der Waals surface area contributed by atoms with Crippen LogP contribution in [0, 0.1) is 5.41 Å². The van der Waals surface area contributed by atoms with Crippen LogP contribution >= 0.6 is 0 Å². The van der Waals surface area contributed by atoms with Crippen LogP contribution in [0.25, 0.3) is 0 Å². The molecule has 0 amide bonds. The number of alkyl halides is 3. The van der Waals surface area contributed by atoms with Gasteiger partial charge in [0.25, 0.3) is 0 Å². The van der Waals surface area contributed by atoms with Crippen molar-refractivity contribution < 1.29 is 37.1 Å². The quantitative estimate of drug-likeness (QED) is 0.336.